The number of nitrogens with one attached hydrogen (secondary N) is 2. The van der Waals surface area contributed by atoms with Crippen molar-refractivity contribution < 1.29 is 14.4 Å². The molecule has 2 N–H and O–H groups in total. The molecular weight excluding hydrogens is 464 g/mol. The molecule has 12 nitrogen and oxygen atoms in total. The molecule has 0 amide bonds. The lowest BCUT2D eigenvalue weighted by atomic mass is 10.1. The molecule has 5 rings (SSSR count). The SMILES string of the molecule is CNCCOc1cc2ncnc(Nc3ccc(Oc4ccn5ncnc5c4)c(C)c3)c2cc1[N+](=O)[O-]. The maximum Gasteiger partial charge on any atom is 0.311 e. The second kappa shape index (κ2) is 9.80. The molecule has 0 saturated carbocycles. The van der Waals surface area contributed by atoms with Crippen LogP contribution in [0.2, 0.25) is 0 Å². The molecule has 5 aromatic rings. The third kappa shape index (κ3) is 4.70. The number of likely N-dealkylation sites (N-methyl/N-ethyl adjacent to an activating group) is 1. The zero-order valence-corrected chi connectivity index (χ0v) is 19.5. The summed E-state index contributed by atoms with van der Waals surface area (Å²) < 4.78 is 13.3. The van der Waals surface area contributed by atoms with Gasteiger partial charge in [0.1, 0.15) is 36.6 Å². The van der Waals surface area contributed by atoms with Crippen molar-refractivity contribution in [2.45, 2.75) is 6.92 Å². The van der Waals surface area contributed by atoms with E-state index in [0.717, 1.165) is 11.3 Å². The van der Waals surface area contributed by atoms with E-state index in [9.17, 15) is 10.1 Å². The average molecular weight is 486 g/mol. The van der Waals surface area contributed by atoms with Crippen LogP contribution in [0.15, 0.2) is 61.3 Å². The van der Waals surface area contributed by atoms with Crippen LogP contribution in [0.1, 0.15) is 5.56 Å². The van der Waals surface area contributed by atoms with Crippen molar-refractivity contribution >= 4 is 33.7 Å². The predicted octanol–water partition coefficient (Wildman–Crippen LogP) is 4.02. The molecule has 3 aromatic heterocycles. The lowest BCUT2D eigenvalue weighted by Crippen LogP contribution is -2.16. The van der Waals surface area contributed by atoms with Crippen molar-refractivity contribution in [2.24, 2.45) is 0 Å². The first-order valence-corrected chi connectivity index (χ1v) is 11.1. The summed E-state index contributed by atoms with van der Waals surface area (Å²) in [5.74, 6) is 1.92. The Bertz CT molecular complexity index is 1570. The number of aryl methyl sites for hydroxylation is 1. The van der Waals surface area contributed by atoms with Crippen molar-refractivity contribution in [3.63, 3.8) is 0 Å². The molecular formula is C24H22N8O4. The van der Waals surface area contributed by atoms with Crippen LogP contribution < -0.4 is 20.1 Å². The first-order chi connectivity index (χ1) is 17.5. The lowest BCUT2D eigenvalue weighted by Gasteiger charge is -2.13. The summed E-state index contributed by atoms with van der Waals surface area (Å²) in [6, 6.07) is 12.2. The van der Waals surface area contributed by atoms with Crippen LogP contribution in [0.3, 0.4) is 0 Å². The van der Waals surface area contributed by atoms with Crippen molar-refractivity contribution in [3.8, 4) is 17.2 Å². The average Bonchev–Trinajstić information content (AvgIpc) is 3.33. The summed E-state index contributed by atoms with van der Waals surface area (Å²) in [6.45, 7) is 2.77. The number of benzene rings is 2. The number of hydrogen-bond acceptors (Lipinski definition) is 10. The molecule has 0 bridgehead atoms. The normalized spacial score (nSPS) is 11.1. The Kier molecular flexibility index (Phi) is 6.24. The highest BCUT2D eigenvalue weighted by molar-refractivity contribution is 5.93. The summed E-state index contributed by atoms with van der Waals surface area (Å²) in [7, 11) is 1.78. The second-order valence-corrected chi connectivity index (χ2v) is 7.90. The van der Waals surface area contributed by atoms with Gasteiger partial charge in [0, 0.05) is 36.6 Å². The van der Waals surface area contributed by atoms with Gasteiger partial charge in [-0.2, -0.15) is 5.10 Å². The molecule has 0 aliphatic heterocycles. The quantitative estimate of drug-likeness (QED) is 0.178. The number of rotatable bonds is 9. The number of fused-ring (bicyclic) bond motifs is 2. The summed E-state index contributed by atoms with van der Waals surface area (Å²) in [6.07, 6.45) is 4.66. The van der Waals surface area contributed by atoms with E-state index in [2.05, 4.69) is 30.7 Å². The minimum absolute atomic E-state index is 0.152. The van der Waals surface area contributed by atoms with Gasteiger partial charge in [0.2, 0.25) is 0 Å². The monoisotopic (exact) mass is 486 g/mol. The highest BCUT2D eigenvalue weighted by Crippen LogP contribution is 2.35. The molecule has 0 saturated heterocycles. The molecule has 0 aliphatic carbocycles. The fourth-order valence-corrected chi connectivity index (χ4v) is 3.66. The third-order valence-electron chi connectivity index (χ3n) is 5.44. The van der Waals surface area contributed by atoms with Crippen LogP contribution in [0, 0.1) is 17.0 Å². The maximum absolute atomic E-state index is 11.7. The zero-order valence-electron chi connectivity index (χ0n) is 19.5. The number of nitrogens with zero attached hydrogens (tertiary/aromatic N) is 6. The molecule has 0 unspecified atom stereocenters. The summed E-state index contributed by atoms with van der Waals surface area (Å²) in [5.41, 5.74) is 2.68. The van der Waals surface area contributed by atoms with Gasteiger partial charge < -0.3 is 20.1 Å². The molecule has 182 valence electrons. The largest absolute Gasteiger partial charge is 0.485 e. The highest BCUT2D eigenvalue weighted by Gasteiger charge is 2.19. The van der Waals surface area contributed by atoms with Crippen LogP contribution in [0.4, 0.5) is 17.2 Å². The fourth-order valence-electron chi connectivity index (χ4n) is 3.66. The van der Waals surface area contributed by atoms with Gasteiger partial charge in [0.25, 0.3) is 0 Å². The van der Waals surface area contributed by atoms with E-state index in [4.69, 9.17) is 9.47 Å². The van der Waals surface area contributed by atoms with E-state index < -0.39 is 4.92 Å². The van der Waals surface area contributed by atoms with Crippen molar-refractivity contribution in [1.29, 1.82) is 0 Å². The Balaban J connectivity index is 1.41. The molecule has 3 heterocycles. The number of aromatic nitrogens is 5. The topological polar surface area (TPSA) is 142 Å². The highest BCUT2D eigenvalue weighted by atomic mass is 16.6. The maximum atomic E-state index is 11.7. The molecule has 0 fully saturated rings. The van der Waals surface area contributed by atoms with E-state index in [1.807, 2.05) is 31.2 Å². The predicted molar refractivity (Wildman–Crippen MR) is 133 cm³/mol. The van der Waals surface area contributed by atoms with Crippen molar-refractivity contribution in [3.05, 3.63) is 77.0 Å². The van der Waals surface area contributed by atoms with Crippen LogP contribution in [-0.2, 0) is 0 Å². The molecule has 0 atom stereocenters. The minimum Gasteiger partial charge on any atom is -0.485 e. The summed E-state index contributed by atoms with van der Waals surface area (Å²) in [4.78, 5) is 24.0. The van der Waals surface area contributed by atoms with E-state index >= 15 is 0 Å². The molecule has 2 aromatic carbocycles. The van der Waals surface area contributed by atoms with Gasteiger partial charge in [-0.15, -0.1) is 0 Å². The van der Waals surface area contributed by atoms with Crippen LogP contribution in [0.25, 0.3) is 16.6 Å². The molecule has 36 heavy (non-hydrogen) atoms. The number of ether oxygens (including phenoxy) is 2. The number of pyridine rings is 1. The van der Waals surface area contributed by atoms with Crippen LogP contribution >= 0.6 is 0 Å². The Morgan fingerprint density at radius 1 is 1.06 bits per heavy atom. The van der Waals surface area contributed by atoms with E-state index in [1.165, 1.54) is 18.7 Å². The fraction of sp³-hybridized carbons (Fsp3) is 0.167. The van der Waals surface area contributed by atoms with Gasteiger partial charge >= 0.3 is 5.69 Å². The Morgan fingerprint density at radius 3 is 2.75 bits per heavy atom. The Labute approximate surface area is 205 Å². The molecule has 12 heteroatoms. The lowest BCUT2D eigenvalue weighted by molar-refractivity contribution is -0.385. The first kappa shape index (κ1) is 22.9. The standard InChI is InChI=1S/C24H22N8O4/c1-15-9-16(3-4-21(15)36-17-5-7-31-23(10-17)27-14-29-31)30-24-18-11-20(32(33)34)22(35-8-6-25-2)12-19(18)26-13-28-24/h3-5,7,9-14,25H,6,8H2,1-2H3,(H,26,28,30). The number of nitro benzene ring substituents is 1. The smallest absolute Gasteiger partial charge is 0.311 e. The van der Waals surface area contributed by atoms with Gasteiger partial charge in [-0.25, -0.2) is 19.5 Å². The number of hydrogen-bond donors (Lipinski definition) is 2. The Morgan fingerprint density at radius 2 is 1.94 bits per heavy atom. The van der Waals surface area contributed by atoms with Crippen molar-refractivity contribution in [2.75, 3.05) is 25.5 Å². The first-order valence-electron chi connectivity index (χ1n) is 11.1. The van der Waals surface area contributed by atoms with Gasteiger partial charge in [0.15, 0.2) is 11.4 Å². The molecule has 0 radical (unpaired) electrons. The second-order valence-electron chi connectivity index (χ2n) is 7.90. The summed E-state index contributed by atoms with van der Waals surface area (Å²) in [5, 5.41) is 22.4. The van der Waals surface area contributed by atoms with Crippen LogP contribution in [0.5, 0.6) is 17.2 Å². The van der Waals surface area contributed by atoms with Gasteiger partial charge in [0.05, 0.1) is 15.8 Å². The van der Waals surface area contributed by atoms with Crippen molar-refractivity contribution in [1.82, 2.24) is 29.9 Å². The van der Waals surface area contributed by atoms with Gasteiger partial charge in [-0.05, 0) is 43.8 Å². The van der Waals surface area contributed by atoms with Gasteiger partial charge in [-0.1, -0.05) is 0 Å². The van der Waals surface area contributed by atoms with E-state index in [1.54, 1.807) is 29.9 Å². The summed E-state index contributed by atoms with van der Waals surface area (Å²) >= 11 is 0. The Hall–Kier alpha value is -4.84. The van der Waals surface area contributed by atoms with Gasteiger partial charge in [-0.3, -0.25) is 10.1 Å². The van der Waals surface area contributed by atoms with Crippen LogP contribution in [-0.4, -0.2) is 49.7 Å². The van der Waals surface area contributed by atoms with E-state index in [-0.39, 0.29) is 11.4 Å². The number of anilines is 2. The molecule has 0 spiro atoms. The molecule has 0 aliphatic rings. The minimum atomic E-state index is -0.474. The zero-order chi connectivity index (χ0) is 25.1. The third-order valence-corrected chi connectivity index (χ3v) is 5.44. The number of nitro groups is 1. The van der Waals surface area contributed by atoms with E-state index in [0.29, 0.717) is 47.0 Å².